The first-order valence-electron chi connectivity index (χ1n) is 9.70. The second-order valence-corrected chi connectivity index (χ2v) is 8.89. The first-order valence-corrected chi connectivity index (χ1v) is 10.5. The summed E-state index contributed by atoms with van der Waals surface area (Å²) in [6.07, 6.45) is 2.91. The summed E-state index contributed by atoms with van der Waals surface area (Å²) in [6.45, 7) is 1.39. The minimum Gasteiger partial charge on any atom is -0.497 e. The normalized spacial score (nSPS) is 18.0. The van der Waals surface area contributed by atoms with Gasteiger partial charge >= 0.3 is 0 Å². The Labute approximate surface area is 168 Å². The van der Waals surface area contributed by atoms with Gasteiger partial charge in [0.1, 0.15) is 5.75 Å². The van der Waals surface area contributed by atoms with Crippen LogP contribution in [0.3, 0.4) is 0 Å². The topological polar surface area (TPSA) is 54.5 Å². The fraction of sp³-hybridized carbons (Fsp3) is 0.364. The molecule has 1 N–H and O–H groups in total. The Kier molecular flexibility index (Phi) is 4.23. The number of thiazole rings is 1. The van der Waals surface area contributed by atoms with E-state index in [1.807, 2.05) is 36.4 Å². The van der Waals surface area contributed by atoms with Crippen LogP contribution in [0.1, 0.15) is 18.4 Å². The first kappa shape index (κ1) is 17.5. The molecule has 6 heteroatoms. The number of hydrogen-bond donors (Lipinski definition) is 1. The van der Waals surface area contributed by atoms with Crippen molar-refractivity contribution < 1.29 is 9.53 Å². The Hall–Kier alpha value is -2.60. The van der Waals surface area contributed by atoms with Gasteiger partial charge in [0.25, 0.3) is 0 Å². The summed E-state index contributed by atoms with van der Waals surface area (Å²) in [5.41, 5.74) is 1.75. The van der Waals surface area contributed by atoms with E-state index in [0.29, 0.717) is 25.6 Å². The maximum absolute atomic E-state index is 13.1. The number of aromatic nitrogens is 1. The van der Waals surface area contributed by atoms with Crippen LogP contribution >= 0.6 is 11.3 Å². The molecule has 2 heterocycles. The average molecular weight is 394 g/mol. The highest BCUT2D eigenvalue weighted by Gasteiger charge is 2.51. The quantitative estimate of drug-likeness (QED) is 0.695. The van der Waals surface area contributed by atoms with Crippen molar-refractivity contribution in [3.63, 3.8) is 0 Å². The first-order chi connectivity index (χ1) is 13.6. The van der Waals surface area contributed by atoms with Crippen LogP contribution in [-0.4, -0.2) is 37.1 Å². The third-order valence-electron chi connectivity index (χ3n) is 5.61. The number of amides is 1. The Bertz CT molecular complexity index is 988. The minimum atomic E-state index is -0.410. The molecule has 0 spiro atoms. The molecule has 1 aliphatic heterocycles. The number of nitrogens with zero attached hydrogens (tertiary/aromatic N) is 2. The van der Waals surface area contributed by atoms with E-state index in [9.17, 15) is 4.79 Å². The Morgan fingerprint density at radius 1 is 1.25 bits per heavy atom. The van der Waals surface area contributed by atoms with Crippen molar-refractivity contribution in [3.8, 4) is 5.75 Å². The number of carbonyl (C=O) groups is 1. The fourth-order valence-corrected chi connectivity index (χ4v) is 4.85. The van der Waals surface area contributed by atoms with Crippen molar-refractivity contribution in [2.24, 2.45) is 5.41 Å². The number of hydrogen-bond acceptors (Lipinski definition) is 5. The highest BCUT2D eigenvalue weighted by molar-refractivity contribution is 7.22. The number of fused-ring (bicyclic) bond motifs is 1. The van der Waals surface area contributed by atoms with Crippen molar-refractivity contribution in [2.45, 2.75) is 25.3 Å². The number of benzene rings is 2. The van der Waals surface area contributed by atoms with E-state index in [2.05, 4.69) is 22.3 Å². The summed E-state index contributed by atoms with van der Waals surface area (Å²) in [6, 6.07) is 16.6. The standard InChI is InChI=1S/C22H23N3O2S/c1-27-17-6-4-5-15(11-17)12-22(20(26)23-16-9-10-16)13-25(14-22)21-24-18-7-2-3-8-19(18)28-21/h2-8,11,16H,9-10,12-14H2,1H3,(H,23,26). The minimum absolute atomic E-state index is 0.176. The van der Waals surface area contributed by atoms with E-state index in [4.69, 9.17) is 9.72 Å². The van der Waals surface area contributed by atoms with Gasteiger partial charge in [-0.25, -0.2) is 4.98 Å². The van der Waals surface area contributed by atoms with Gasteiger partial charge in [-0.15, -0.1) is 0 Å². The molecule has 144 valence electrons. The third-order valence-corrected chi connectivity index (χ3v) is 6.71. The van der Waals surface area contributed by atoms with Gasteiger partial charge in [-0.1, -0.05) is 35.6 Å². The molecule has 3 aromatic rings. The summed E-state index contributed by atoms with van der Waals surface area (Å²) in [4.78, 5) is 20.1. The van der Waals surface area contributed by atoms with Crippen molar-refractivity contribution >= 4 is 32.6 Å². The van der Waals surface area contributed by atoms with Crippen LogP contribution in [0.5, 0.6) is 5.75 Å². The second kappa shape index (κ2) is 6.78. The molecule has 2 aliphatic rings. The highest BCUT2D eigenvalue weighted by atomic mass is 32.1. The van der Waals surface area contributed by atoms with Crippen molar-refractivity contribution in [2.75, 3.05) is 25.1 Å². The largest absolute Gasteiger partial charge is 0.497 e. The van der Waals surface area contributed by atoms with Crippen LogP contribution in [-0.2, 0) is 11.2 Å². The SMILES string of the molecule is COc1cccc(CC2(C(=O)NC3CC3)CN(c3nc4ccccc4s3)C2)c1. The molecule has 0 bridgehead atoms. The van der Waals surface area contributed by atoms with Crippen LogP contribution in [0, 0.1) is 5.41 Å². The molecule has 2 fully saturated rings. The molecule has 28 heavy (non-hydrogen) atoms. The van der Waals surface area contributed by atoms with E-state index in [1.54, 1.807) is 18.4 Å². The lowest BCUT2D eigenvalue weighted by molar-refractivity contribution is -0.132. The monoisotopic (exact) mass is 393 g/mol. The molecular formula is C22H23N3O2S. The Morgan fingerprint density at radius 3 is 2.82 bits per heavy atom. The number of rotatable bonds is 6. The zero-order valence-electron chi connectivity index (χ0n) is 15.9. The van der Waals surface area contributed by atoms with Crippen molar-refractivity contribution in [1.29, 1.82) is 0 Å². The van der Waals surface area contributed by atoms with E-state index >= 15 is 0 Å². The summed E-state index contributed by atoms with van der Waals surface area (Å²) in [5, 5.41) is 4.23. The van der Waals surface area contributed by atoms with Crippen LogP contribution in [0.4, 0.5) is 5.13 Å². The lowest BCUT2D eigenvalue weighted by Gasteiger charge is -2.49. The molecule has 1 aliphatic carbocycles. The summed E-state index contributed by atoms with van der Waals surface area (Å²) in [7, 11) is 1.67. The number of nitrogens with one attached hydrogen (secondary N) is 1. The van der Waals surface area contributed by atoms with Gasteiger partial charge in [0.15, 0.2) is 5.13 Å². The van der Waals surface area contributed by atoms with Gasteiger partial charge in [-0.2, -0.15) is 0 Å². The zero-order chi connectivity index (χ0) is 19.1. The maximum Gasteiger partial charge on any atom is 0.230 e. The molecule has 0 atom stereocenters. The predicted molar refractivity (Wildman–Crippen MR) is 112 cm³/mol. The predicted octanol–water partition coefficient (Wildman–Crippen LogP) is 3.63. The van der Waals surface area contributed by atoms with E-state index in [1.165, 1.54) is 4.70 Å². The lowest BCUT2D eigenvalue weighted by Crippen LogP contribution is -2.64. The van der Waals surface area contributed by atoms with Crippen molar-refractivity contribution in [3.05, 3.63) is 54.1 Å². The molecular weight excluding hydrogens is 370 g/mol. The Morgan fingerprint density at radius 2 is 2.07 bits per heavy atom. The second-order valence-electron chi connectivity index (χ2n) is 7.88. The molecule has 1 saturated heterocycles. The zero-order valence-corrected chi connectivity index (χ0v) is 16.7. The molecule has 0 unspecified atom stereocenters. The molecule has 1 saturated carbocycles. The van der Waals surface area contributed by atoms with Gasteiger partial charge in [0.05, 0.1) is 22.7 Å². The van der Waals surface area contributed by atoms with Gasteiger partial charge in [-0.3, -0.25) is 4.79 Å². The summed E-state index contributed by atoms with van der Waals surface area (Å²) >= 11 is 1.70. The van der Waals surface area contributed by atoms with Gasteiger partial charge in [0.2, 0.25) is 5.91 Å². The molecule has 1 aromatic heterocycles. The van der Waals surface area contributed by atoms with Crippen molar-refractivity contribution in [1.82, 2.24) is 10.3 Å². The van der Waals surface area contributed by atoms with Gasteiger partial charge < -0.3 is 15.0 Å². The van der Waals surface area contributed by atoms with Crippen LogP contribution in [0.15, 0.2) is 48.5 Å². The van der Waals surface area contributed by atoms with Gasteiger partial charge in [0, 0.05) is 19.1 Å². The van der Waals surface area contributed by atoms with Crippen LogP contribution < -0.4 is 15.0 Å². The smallest absolute Gasteiger partial charge is 0.230 e. The number of ether oxygens (including phenoxy) is 1. The number of methoxy groups -OCH3 is 1. The average Bonchev–Trinajstić information content (AvgIpc) is 3.39. The molecule has 5 nitrogen and oxygen atoms in total. The molecule has 5 rings (SSSR count). The number of carbonyl (C=O) groups excluding carboxylic acids is 1. The number of anilines is 1. The Balaban J connectivity index is 1.39. The molecule has 0 radical (unpaired) electrons. The summed E-state index contributed by atoms with van der Waals surface area (Å²) < 4.78 is 6.55. The fourth-order valence-electron chi connectivity index (χ4n) is 3.89. The lowest BCUT2D eigenvalue weighted by atomic mass is 9.74. The molecule has 1 amide bonds. The van der Waals surface area contributed by atoms with Gasteiger partial charge in [-0.05, 0) is 49.1 Å². The van der Waals surface area contributed by atoms with Crippen LogP contribution in [0.2, 0.25) is 0 Å². The van der Waals surface area contributed by atoms with Crippen LogP contribution in [0.25, 0.3) is 10.2 Å². The summed E-state index contributed by atoms with van der Waals surface area (Å²) in [5.74, 6) is 1.01. The van der Waals surface area contributed by atoms with E-state index < -0.39 is 5.41 Å². The highest BCUT2D eigenvalue weighted by Crippen LogP contribution is 2.41. The third kappa shape index (κ3) is 3.22. The van der Waals surface area contributed by atoms with E-state index in [0.717, 1.165) is 34.8 Å². The molecule has 2 aromatic carbocycles. The maximum atomic E-state index is 13.1. The van der Waals surface area contributed by atoms with E-state index in [-0.39, 0.29) is 5.91 Å². The number of para-hydroxylation sites is 1.